The first-order valence-electron chi connectivity index (χ1n) is 6.00. The summed E-state index contributed by atoms with van der Waals surface area (Å²) >= 11 is 7.17. The number of benzene rings is 1. The first kappa shape index (κ1) is 15.4. The molecular weight excluding hydrogens is 314 g/mol. The molecule has 8 heteroatoms. The lowest BCUT2D eigenvalue weighted by Crippen LogP contribution is -2.15. The van der Waals surface area contributed by atoms with Crippen molar-refractivity contribution in [2.75, 3.05) is 11.9 Å². The van der Waals surface area contributed by atoms with E-state index in [0.29, 0.717) is 13.0 Å². The molecule has 21 heavy (non-hydrogen) atoms. The van der Waals surface area contributed by atoms with Gasteiger partial charge in [0.1, 0.15) is 11.3 Å². The van der Waals surface area contributed by atoms with E-state index >= 15 is 0 Å². The highest BCUT2D eigenvalue weighted by Gasteiger charge is 2.18. The largest absolute Gasteiger partial charge is 0.478 e. The number of carbonyl (C=O) groups is 2. The number of carboxylic acid groups (broad SMARTS) is 1. The lowest BCUT2D eigenvalue weighted by molar-refractivity contribution is 0.0698. The molecule has 0 spiro atoms. The van der Waals surface area contributed by atoms with E-state index < -0.39 is 11.9 Å². The van der Waals surface area contributed by atoms with Gasteiger partial charge in [0.05, 0.1) is 15.7 Å². The fourth-order valence-corrected chi connectivity index (χ4v) is 2.74. The van der Waals surface area contributed by atoms with Crippen LogP contribution in [0, 0.1) is 0 Å². The van der Waals surface area contributed by atoms with E-state index in [2.05, 4.69) is 10.3 Å². The van der Waals surface area contributed by atoms with E-state index in [1.807, 2.05) is 0 Å². The van der Waals surface area contributed by atoms with E-state index in [4.69, 9.17) is 22.4 Å². The fraction of sp³-hybridized carbons (Fsp3) is 0.154. The van der Waals surface area contributed by atoms with E-state index in [1.165, 1.54) is 23.5 Å². The molecule has 4 N–H and O–H groups in total. The van der Waals surface area contributed by atoms with Crippen molar-refractivity contribution in [2.24, 2.45) is 5.73 Å². The van der Waals surface area contributed by atoms with Crippen LogP contribution >= 0.6 is 22.9 Å². The molecule has 0 saturated carbocycles. The van der Waals surface area contributed by atoms with E-state index in [0.717, 1.165) is 5.01 Å². The number of aromatic nitrogens is 1. The summed E-state index contributed by atoms with van der Waals surface area (Å²) in [4.78, 5) is 27.4. The minimum absolute atomic E-state index is 0.0578. The highest BCUT2D eigenvalue weighted by Crippen LogP contribution is 2.25. The number of hydrogen-bond donors (Lipinski definition) is 3. The highest BCUT2D eigenvalue weighted by atomic mass is 35.5. The third kappa shape index (κ3) is 3.57. The van der Waals surface area contributed by atoms with Crippen molar-refractivity contribution in [3.8, 4) is 0 Å². The molecule has 0 fully saturated rings. The molecule has 1 aromatic carbocycles. The van der Waals surface area contributed by atoms with Gasteiger partial charge in [0, 0.05) is 11.8 Å². The number of nitrogens with one attached hydrogen (secondary N) is 1. The number of hydrogen-bond acceptors (Lipinski definition) is 5. The van der Waals surface area contributed by atoms with Crippen LogP contribution in [0.3, 0.4) is 0 Å². The molecule has 0 radical (unpaired) electrons. The standard InChI is InChI=1S/C13H12ClN3O3S/c14-7-2-1-3-8(11(7)13(19)20)17-12(18)9-6-21-10(16-9)4-5-15/h1-3,6H,4-5,15H2,(H,17,18)(H,19,20). The molecule has 6 nitrogen and oxygen atoms in total. The Labute approximate surface area is 129 Å². The van der Waals surface area contributed by atoms with Crippen molar-refractivity contribution in [2.45, 2.75) is 6.42 Å². The van der Waals surface area contributed by atoms with Crippen LogP contribution in [0.25, 0.3) is 0 Å². The van der Waals surface area contributed by atoms with Crippen molar-refractivity contribution >= 4 is 40.5 Å². The Hall–Kier alpha value is -1.96. The molecule has 0 aliphatic carbocycles. The summed E-state index contributed by atoms with van der Waals surface area (Å²) in [6, 6.07) is 4.48. The maximum atomic E-state index is 12.1. The number of thiazole rings is 1. The van der Waals surface area contributed by atoms with Crippen LogP contribution in [-0.2, 0) is 6.42 Å². The zero-order chi connectivity index (χ0) is 15.4. The van der Waals surface area contributed by atoms with Gasteiger partial charge in [-0.2, -0.15) is 0 Å². The van der Waals surface area contributed by atoms with Crippen LogP contribution in [0.15, 0.2) is 23.6 Å². The monoisotopic (exact) mass is 325 g/mol. The van der Waals surface area contributed by atoms with Crippen LogP contribution in [-0.4, -0.2) is 28.5 Å². The summed E-state index contributed by atoms with van der Waals surface area (Å²) in [6.07, 6.45) is 0.593. The number of nitrogens with zero attached hydrogens (tertiary/aromatic N) is 1. The summed E-state index contributed by atoms with van der Waals surface area (Å²) in [7, 11) is 0. The van der Waals surface area contributed by atoms with Crippen LogP contribution in [0.2, 0.25) is 5.02 Å². The second kappa shape index (κ2) is 6.66. The highest BCUT2D eigenvalue weighted by molar-refractivity contribution is 7.09. The quantitative estimate of drug-likeness (QED) is 0.782. The normalized spacial score (nSPS) is 10.4. The number of halogens is 1. The van der Waals surface area contributed by atoms with Gasteiger partial charge in [-0.15, -0.1) is 11.3 Å². The molecule has 0 saturated heterocycles. The van der Waals surface area contributed by atoms with Crippen molar-refractivity contribution in [3.63, 3.8) is 0 Å². The SMILES string of the molecule is NCCc1nc(C(=O)Nc2cccc(Cl)c2C(=O)O)cs1. The average molecular weight is 326 g/mol. The molecular formula is C13H12ClN3O3S. The van der Waals surface area contributed by atoms with Gasteiger partial charge in [0.25, 0.3) is 5.91 Å². The lowest BCUT2D eigenvalue weighted by Gasteiger charge is -2.08. The van der Waals surface area contributed by atoms with Gasteiger partial charge in [0.15, 0.2) is 0 Å². The maximum Gasteiger partial charge on any atom is 0.339 e. The summed E-state index contributed by atoms with van der Waals surface area (Å²) < 4.78 is 0. The smallest absolute Gasteiger partial charge is 0.339 e. The predicted molar refractivity (Wildman–Crippen MR) is 81.2 cm³/mol. The lowest BCUT2D eigenvalue weighted by atomic mass is 10.1. The number of carbonyl (C=O) groups excluding carboxylic acids is 1. The molecule has 2 rings (SSSR count). The summed E-state index contributed by atoms with van der Waals surface area (Å²) in [5, 5.41) is 14.1. The Morgan fingerprint density at radius 2 is 2.19 bits per heavy atom. The first-order chi connectivity index (χ1) is 10.0. The van der Waals surface area contributed by atoms with Gasteiger partial charge in [-0.3, -0.25) is 4.79 Å². The second-order valence-corrected chi connectivity index (χ2v) is 5.44. The van der Waals surface area contributed by atoms with Crippen molar-refractivity contribution in [1.29, 1.82) is 0 Å². The summed E-state index contributed by atoms with van der Waals surface area (Å²) in [5.74, 6) is -1.70. The molecule has 0 atom stereocenters. The number of nitrogens with two attached hydrogens (primary N) is 1. The Balaban J connectivity index is 2.23. The van der Waals surface area contributed by atoms with E-state index in [-0.39, 0.29) is 22.0 Å². The number of aromatic carboxylic acids is 1. The third-order valence-corrected chi connectivity index (χ3v) is 3.84. The minimum atomic E-state index is -1.21. The van der Waals surface area contributed by atoms with Crippen molar-refractivity contribution < 1.29 is 14.7 Å². The van der Waals surface area contributed by atoms with Crippen LogP contribution in [0.5, 0.6) is 0 Å². The molecule has 1 heterocycles. The van der Waals surface area contributed by atoms with Crippen LogP contribution < -0.4 is 11.1 Å². The Morgan fingerprint density at radius 1 is 1.43 bits per heavy atom. The maximum absolute atomic E-state index is 12.1. The van der Waals surface area contributed by atoms with Crippen LogP contribution in [0.4, 0.5) is 5.69 Å². The predicted octanol–water partition coefficient (Wildman–Crippen LogP) is 2.25. The minimum Gasteiger partial charge on any atom is -0.478 e. The van der Waals surface area contributed by atoms with E-state index in [1.54, 1.807) is 11.4 Å². The molecule has 0 unspecified atom stereocenters. The third-order valence-electron chi connectivity index (χ3n) is 2.62. The Bertz CT molecular complexity index is 687. The molecule has 0 aliphatic rings. The molecule has 1 amide bonds. The molecule has 0 aliphatic heterocycles. The first-order valence-corrected chi connectivity index (χ1v) is 7.26. The molecule has 110 valence electrons. The van der Waals surface area contributed by atoms with Gasteiger partial charge < -0.3 is 16.2 Å². The van der Waals surface area contributed by atoms with Crippen molar-refractivity contribution in [3.05, 3.63) is 44.9 Å². The number of amides is 1. The average Bonchev–Trinajstić information content (AvgIpc) is 2.87. The zero-order valence-electron chi connectivity index (χ0n) is 10.8. The summed E-state index contributed by atoms with van der Waals surface area (Å²) in [5.41, 5.74) is 5.63. The second-order valence-electron chi connectivity index (χ2n) is 4.09. The van der Waals surface area contributed by atoms with Gasteiger partial charge in [0.2, 0.25) is 0 Å². The Kier molecular flexibility index (Phi) is 4.89. The van der Waals surface area contributed by atoms with Crippen LogP contribution in [0.1, 0.15) is 25.9 Å². The molecule has 0 bridgehead atoms. The van der Waals surface area contributed by atoms with Gasteiger partial charge in [-0.05, 0) is 18.7 Å². The number of rotatable bonds is 5. The fourth-order valence-electron chi connectivity index (χ4n) is 1.69. The van der Waals surface area contributed by atoms with E-state index in [9.17, 15) is 9.59 Å². The molecule has 1 aromatic heterocycles. The van der Waals surface area contributed by atoms with Gasteiger partial charge >= 0.3 is 5.97 Å². The van der Waals surface area contributed by atoms with Gasteiger partial charge in [-0.25, -0.2) is 9.78 Å². The topological polar surface area (TPSA) is 105 Å². The Morgan fingerprint density at radius 3 is 2.86 bits per heavy atom. The molecule has 2 aromatic rings. The summed E-state index contributed by atoms with van der Waals surface area (Å²) in [6.45, 7) is 0.450. The van der Waals surface area contributed by atoms with Gasteiger partial charge in [-0.1, -0.05) is 17.7 Å². The number of carboxylic acids is 1. The van der Waals surface area contributed by atoms with Crippen molar-refractivity contribution in [1.82, 2.24) is 4.98 Å². The number of anilines is 1. The zero-order valence-corrected chi connectivity index (χ0v) is 12.4.